The average Bonchev–Trinajstić information content (AvgIpc) is 2.61. The predicted octanol–water partition coefficient (Wildman–Crippen LogP) is 2.97. The molecule has 0 saturated carbocycles. The Morgan fingerprint density at radius 2 is 1.77 bits per heavy atom. The number of urea groups is 1. The summed E-state index contributed by atoms with van der Waals surface area (Å²) >= 11 is 0. The first-order chi connectivity index (χ1) is 10.8. The van der Waals surface area contributed by atoms with E-state index >= 15 is 0 Å². The molecule has 0 spiro atoms. The Morgan fingerprint density at radius 1 is 1.09 bits per heavy atom. The fraction of sp³-hybridized carbons (Fsp3) is 0.278. The molecule has 1 aliphatic rings. The summed E-state index contributed by atoms with van der Waals surface area (Å²) < 4.78 is 5.79. The van der Waals surface area contributed by atoms with Crippen molar-refractivity contribution in [3.05, 3.63) is 71.8 Å². The van der Waals surface area contributed by atoms with Crippen LogP contribution in [0.3, 0.4) is 0 Å². The highest BCUT2D eigenvalue weighted by molar-refractivity contribution is 5.74. The van der Waals surface area contributed by atoms with E-state index in [1.807, 2.05) is 65.6 Å². The lowest BCUT2D eigenvalue weighted by Gasteiger charge is -2.33. The van der Waals surface area contributed by atoms with E-state index < -0.39 is 0 Å². The molecule has 2 amide bonds. The standard InChI is InChI=1S/C18H20N2O2/c21-18(19-13-15-7-3-1-4-8-15)20-11-12-22-17(14-20)16-9-5-2-6-10-16/h1-10,17H,11-14H2,(H,19,21)/t17-/m1/s1. The number of rotatable bonds is 3. The summed E-state index contributed by atoms with van der Waals surface area (Å²) in [6.45, 7) is 2.33. The van der Waals surface area contributed by atoms with Gasteiger partial charge in [0.25, 0.3) is 0 Å². The monoisotopic (exact) mass is 296 g/mol. The van der Waals surface area contributed by atoms with Crippen LogP contribution in [-0.2, 0) is 11.3 Å². The van der Waals surface area contributed by atoms with Gasteiger partial charge in [-0.2, -0.15) is 0 Å². The average molecular weight is 296 g/mol. The van der Waals surface area contributed by atoms with Crippen molar-refractivity contribution in [2.45, 2.75) is 12.6 Å². The molecule has 1 aliphatic heterocycles. The molecule has 1 atom stereocenters. The maximum atomic E-state index is 12.3. The van der Waals surface area contributed by atoms with Crippen LogP contribution in [0.2, 0.25) is 0 Å². The minimum Gasteiger partial charge on any atom is -0.370 e. The molecule has 1 fully saturated rings. The molecule has 1 saturated heterocycles. The normalized spacial score (nSPS) is 18.0. The summed E-state index contributed by atoms with van der Waals surface area (Å²) in [7, 11) is 0. The molecule has 114 valence electrons. The zero-order valence-corrected chi connectivity index (χ0v) is 12.4. The van der Waals surface area contributed by atoms with Crippen LogP contribution < -0.4 is 5.32 Å². The number of amides is 2. The summed E-state index contributed by atoms with van der Waals surface area (Å²) in [5.41, 5.74) is 2.21. The lowest BCUT2D eigenvalue weighted by molar-refractivity contribution is -0.0154. The third-order valence-corrected chi connectivity index (χ3v) is 3.81. The second-order valence-corrected chi connectivity index (χ2v) is 5.36. The summed E-state index contributed by atoms with van der Waals surface area (Å²) in [5, 5.41) is 2.97. The fourth-order valence-electron chi connectivity index (χ4n) is 2.59. The van der Waals surface area contributed by atoms with E-state index in [9.17, 15) is 4.79 Å². The van der Waals surface area contributed by atoms with E-state index in [4.69, 9.17) is 4.74 Å². The third kappa shape index (κ3) is 3.65. The number of nitrogens with one attached hydrogen (secondary N) is 1. The van der Waals surface area contributed by atoms with Crippen molar-refractivity contribution >= 4 is 6.03 Å². The van der Waals surface area contributed by atoms with Crippen LogP contribution in [0.25, 0.3) is 0 Å². The number of nitrogens with zero attached hydrogens (tertiary/aromatic N) is 1. The second kappa shape index (κ2) is 7.09. The Bertz CT molecular complexity index is 601. The van der Waals surface area contributed by atoms with Crippen LogP contribution >= 0.6 is 0 Å². The van der Waals surface area contributed by atoms with Crippen molar-refractivity contribution < 1.29 is 9.53 Å². The largest absolute Gasteiger partial charge is 0.370 e. The maximum absolute atomic E-state index is 12.3. The van der Waals surface area contributed by atoms with Crippen molar-refractivity contribution in [1.82, 2.24) is 10.2 Å². The van der Waals surface area contributed by atoms with Gasteiger partial charge < -0.3 is 15.0 Å². The Labute approximate surface area is 130 Å². The van der Waals surface area contributed by atoms with Crippen LogP contribution in [0, 0.1) is 0 Å². The number of hydrogen-bond donors (Lipinski definition) is 1. The zero-order valence-electron chi connectivity index (χ0n) is 12.4. The molecular weight excluding hydrogens is 276 g/mol. The molecule has 22 heavy (non-hydrogen) atoms. The van der Waals surface area contributed by atoms with Crippen LogP contribution in [0.4, 0.5) is 4.79 Å². The van der Waals surface area contributed by atoms with Crippen molar-refractivity contribution in [3.8, 4) is 0 Å². The highest BCUT2D eigenvalue weighted by atomic mass is 16.5. The van der Waals surface area contributed by atoms with Gasteiger partial charge in [0.2, 0.25) is 0 Å². The molecule has 4 heteroatoms. The zero-order chi connectivity index (χ0) is 15.2. The maximum Gasteiger partial charge on any atom is 0.317 e. The molecule has 1 N–H and O–H groups in total. The van der Waals surface area contributed by atoms with Crippen LogP contribution in [0.1, 0.15) is 17.2 Å². The van der Waals surface area contributed by atoms with Gasteiger partial charge in [-0.25, -0.2) is 4.79 Å². The van der Waals surface area contributed by atoms with E-state index in [1.54, 1.807) is 0 Å². The van der Waals surface area contributed by atoms with Gasteiger partial charge in [-0.05, 0) is 11.1 Å². The first-order valence-corrected chi connectivity index (χ1v) is 7.56. The molecular formula is C18H20N2O2. The topological polar surface area (TPSA) is 41.6 Å². The molecule has 0 bridgehead atoms. The van der Waals surface area contributed by atoms with E-state index in [1.165, 1.54) is 0 Å². The molecule has 3 rings (SSSR count). The molecule has 0 aliphatic carbocycles. The Kier molecular flexibility index (Phi) is 4.71. The third-order valence-electron chi connectivity index (χ3n) is 3.81. The van der Waals surface area contributed by atoms with Crippen molar-refractivity contribution in [2.75, 3.05) is 19.7 Å². The van der Waals surface area contributed by atoms with E-state index in [2.05, 4.69) is 5.32 Å². The van der Waals surface area contributed by atoms with E-state index in [0.29, 0.717) is 26.2 Å². The first kappa shape index (κ1) is 14.6. The Hall–Kier alpha value is -2.33. The molecule has 2 aromatic carbocycles. The quantitative estimate of drug-likeness (QED) is 0.946. The van der Waals surface area contributed by atoms with Gasteiger partial charge in [0.15, 0.2) is 0 Å². The van der Waals surface area contributed by atoms with Gasteiger partial charge in [-0.1, -0.05) is 60.7 Å². The molecule has 4 nitrogen and oxygen atoms in total. The summed E-state index contributed by atoms with van der Waals surface area (Å²) in [4.78, 5) is 14.1. The number of benzene rings is 2. The molecule has 1 heterocycles. The second-order valence-electron chi connectivity index (χ2n) is 5.36. The van der Waals surface area contributed by atoms with Crippen molar-refractivity contribution in [2.24, 2.45) is 0 Å². The number of carbonyl (C=O) groups excluding carboxylic acids is 1. The SMILES string of the molecule is O=C(NCc1ccccc1)N1CCO[C@@H](c2ccccc2)C1. The molecule has 0 unspecified atom stereocenters. The van der Waals surface area contributed by atoms with Crippen molar-refractivity contribution in [1.29, 1.82) is 0 Å². The highest BCUT2D eigenvalue weighted by Gasteiger charge is 2.24. The number of ether oxygens (including phenoxy) is 1. The number of carbonyl (C=O) groups is 1. The van der Waals surface area contributed by atoms with Crippen LogP contribution in [-0.4, -0.2) is 30.6 Å². The summed E-state index contributed by atoms with van der Waals surface area (Å²) in [6.07, 6.45) is -0.0441. The van der Waals surface area contributed by atoms with Gasteiger partial charge in [-0.15, -0.1) is 0 Å². The van der Waals surface area contributed by atoms with Gasteiger partial charge in [-0.3, -0.25) is 0 Å². The van der Waals surface area contributed by atoms with Crippen LogP contribution in [0.5, 0.6) is 0 Å². The molecule has 2 aromatic rings. The fourth-order valence-corrected chi connectivity index (χ4v) is 2.59. The number of morpholine rings is 1. The van der Waals surface area contributed by atoms with E-state index in [0.717, 1.165) is 11.1 Å². The van der Waals surface area contributed by atoms with Crippen molar-refractivity contribution in [3.63, 3.8) is 0 Å². The minimum atomic E-state index is -0.0441. The van der Waals surface area contributed by atoms with E-state index in [-0.39, 0.29) is 12.1 Å². The number of hydrogen-bond acceptors (Lipinski definition) is 2. The summed E-state index contributed by atoms with van der Waals surface area (Å²) in [6, 6.07) is 19.9. The first-order valence-electron chi connectivity index (χ1n) is 7.56. The highest BCUT2D eigenvalue weighted by Crippen LogP contribution is 2.21. The van der Waals surface area contributed by atoms with Gasteiger partial charge in [0.1, 0.15) is 6.10 Å². The van der Waals surface area contributed by atoms with Gasteiger partial charge in [0.05, 0.1) is 13.2 Å². The predicted molar refractivity (Wildman–Crippen MR) is 85.4 cm³/mol. The minimum absolute atomic E-state index is 0.0342. The Morgan fingerprint density at radius 3 is 2.50 bits per heavy atom. The van der Waals surface area contributed by atoms with Gasteiger partial charge in [0, 0.05) is 13.1 Å². The molecule has 0 aromatic heterocycles. The Balaban J connectivity index is 1.56. The van der Waals surface area contributed by atoms with Crippen LogP contribution in [0.15, 0.2) is 60.7 Å². The van der Waals surface area contributed by atoms with Gasteiger partial charge >= 0.3 is 6.03 Å². The lowest BCUT2D eigenvalue weighted by atomic mass is 10.1. The lowest BCUT2D eigenvalue weighted by Crippen LogP contribution is -2.46. The smallest absolute Gasteiger partial charge is 0.317 e. The molecule has 0 radical (unpaired) electrons. The summed E-state index contributed by atoms with van der Waals surface area (Å²) in [5.74, 6) is 0.